The molecule has 1 saturated heterocycles. The quantitative estimate of drug-likeness (QED) is 0.492. The minimum atomic E-state index is -0.676. The highest BCUT2D eigenvalue weighted by atomic mass is 27.2. The van der Waals surface area contributed by atoms with E-state index in [1.807, 2.05) is 0 Å². The number of unbranched alkanes of at least 4 members (excludes halogenated alkanes) is 2. The monoisotopic (exact) mass is 212 g/mol. The maximum absolute atomic E-state index is 2.76. The Kier molecular flexibility index (Phi) is 6.13. The highest BCUT2D eigenvalue weighted by molar-refractivity contribution is 6.53. The average Bonchev–Trinajstić information content (AvgIpc) is 2.60. The van der Waals surface area contributed by atoms with Gasteiger partial charge in [0.25, 0.3) is 0 Å². The lowest BCUT2D eigenvalue weighted by atomic mass is 10.3. The Morgan fingerprint density at radius 1 is 0.929 bits per heavy atom. The summed E-state index contributed by atoms with van der Waals surface area (Å²) in [5.41, 5.74) is 0. The Balaban J connectivity index is 2.34. The van der Waals surface area contributed by atoms with Gasteiger partial charge in [0.1, 0.15) is 0 Å². The molecule has 1 fully saturated rings. The van der Waals surface area contributed by atoms with Gasteiger partial charge in [-0.15, -0.1) is 0 Å². The first-order chi connectivity index (χ1) is 6.83. The smallest absolute Gasteiger partial charge is 0.370 e. The first kappa shape index (κ1) is 12.5. The normalized spacial score (nSPS) is 19.5. The highest BCUT2D eigenvalue weighted by Crippen LogP contribution is 2.16. The van der Waals surface area contributed by atoms with Gasteiger partial charge in [-0.3, -0.25) is 0 Å². The summed E-state index contributed by atoms with van der Waals surface area (Å²) in [4.78, 5) is 0. The van der Waals surface area contributed by atoms with Crippen LogP contribution in [0.5, 0.6) is 0 Å². The lowest BCUT2D eigenvalue weighted by Crippen LogP contribution is -2.43. The molecular weight excluding hydrogens is 187 g/mol. The van der Waals surface area contributed by atoms with Crippen molar-refractivity contribution in [1.82, 2.24) is 7.77 Å². The number of hydrogen-bond acceptors (Lipinski definition) is 2. The molecular formula is C11H25AlN2. The van der Waals surface area contributed by atoms with Gasteiger partial charge in [-0.25, -0.2) is 0 Å². The standard InChI is InChI=1S/C6H14N2.C5H11.Al/c1-3-7-5-6-8-4-2;1-3-5-4-2;/h3-6H2,1-2H3;1,3-5H2,2H3;/q-2;;+2. The van der Waals surface area contributed by atoms with E-state index in [1.54, 1.807) is 0 Å². The Morgan fingerprint density at radius 3 is 1.93 bits per heavy atom. The van der Waals surface area contributed by atoms with Crippen LogP contribution in [-0.2, 0) is 0 Å². The third-order valence-electron chi connectivity index (χ3n) is 3.40. The molecule has 0 bridgehead atoms. The maximum atomic E-state index is 2.76. The van der Waals surface area contributed by atoms with Crippen LogP contribution in [0.25, 0.3) is 0 Å². The van der Waals surface area contributed by atoms with Crippen molar-refractivity contribution in [1.29, 1.82) is 0 Å². The molecule has 2 nitrogen and oxygen atoms in total. The molecule has 0 unspecified atom stereocenters. The lowest BCUT2D eigenvalue weighted by Gasteiger charge is -2.23. The first-order valence-electron chi connectivity index (χ1n) is 6.31. The molecule has 82 valence electrons. The van der Waals surface area contributed by atoms with Gasteiger partial charge in [0.15, 0.2) is 0 Å². The van der Waals surface area contributed by atoms with E-state index in [9.17, 15) is 0 Å². The molecule has 1 aliphatic heterocycles. The Bertz CT molecular complexity index is 140. The van der Waals surface area contributed by atoms with E-state index >= 15 is 0 Å². The largest absolute Gasteiger partial charge is 0.488 e. The highest BCUT2D eigenvalue weighted by Gasteiger charge is 2.36. The van der Waals surface area contributed by atoms with Crippen molar-refractivity contribution in [3.05, 3.63) is 0 Å². The number of likely N-dealkylation sites (N-methyl/N-ethyl adjacent to an activating group) is 2. The van der Waals surface area contributed by atoms with Gasteiger partial charge in [-0.1, -0.05) is 45.3 Å². The van der Waals surface area contributed by atoms with Gasteiger partial charge in [0, 0.05) is 0 Å². The fraction of sp³-hybridized carbons (Fsp3) is 1.00. The molecule has 1 rings (SSSR count). The summed E-state index contributed by atoms with van der Waals surface area (Å²) in [6, 6.07) is 0. The van der Waals surface area contributed by atoms with Gasteiger partial charge in [0.05, 0.1) is 0 Å². The summed E-state index contributed by atoms with van der Waals surface area (Å²) in [6.45, 7) is 12.2. The second-order valence-electron chi connectivity index (χ2n) is 4.23. The zero-order chi connectivity index (χ0) is 10.4. The van der Waals surface area contributed by atoms with Crippen molar-refractivity contribution >= 4 is 14.6 Å². The van der Waals surface area contributed by atoms with Crippen LogP contribution in [0.1, 0.15) is 40.0 Å². The predicted molar refractivity (Wildman–Crippen MR) is 64.6 cm³/mol. The van der Waals surface area contributed by atoms with Crippen LogP contribution in [0.4, 0.5) is 0 Å². The second-order valence-corrected chi connectivity index (χ2v) is 7.23. The van der Waals surface area contributed by atoms with Crippen LogP contribution >= 0.6 is 0 Å². The second kappa shape index (κ2) is 6.85. The van der Waals surface area contributed by atoms with Crippen LogP contribution in [0.15, 0.2) is 0 Å². The fourth-order valence-corrected chi connectivity index (χ4v) is 5.98. The summed E-state index contributed by atoms with van der Waals surface area (Å²) >= 11 is -0.676. The lowest BCUT2D eigenvalue weighted by molar-refractivity contribution is 0.486. The van der Waals surface area contributed by atoms with E-state index in [4.69, 9.17) is 0 Å². The van der Waals surface area contributed by atoms with E-state index in [1.165, 1.54) is 50.7 Å². The number of hydrogen-bond donors (Lipinski definition) is 0. The molecule has 3 heteroatoms. The third kappa shape index (κ3) is 3.24. The zero-order valence-corrected chi connectivity index (χ0v) is 11.3. The topological polar surface area (TPSA) is 6.48 Å². The summed E-state index contributed by atoms with van der Waals surface area (Å²) in [7, 11) is 0. The van der Waals surface area contributed by atoms with Crippen LogP contribution < -0.4 is 0 Å². The van der Waals surface area contributed by atoms with Crippen molar-refractivity contribution in [2.24, 2.45) is 0 Å². The third-order valence-corrected chi connectivity index (χ3v) is 7.25. The molecule has 0 aromatic rings. The molecule has 0 aromatic carbocycles. The van der Waals surface area contributed by atoms with Crippen molar-refractivity contribution in [2.45, 2.75) is 45.3 Å². The van der Waals surface area contributed by atoms with E-state index in [-0.39, 0.29) is 0 Å². The molecule has 0 aromatic heterocycles. The Hall–Kier alpha value is 0.452. The fourth-order valence-electron chi connectivity index (χ4n) is 2.47. The summed E-state index contributed by atoms with van der Waals surface area (Å²) < 4.78 is 5.53. The van der Waals surface area contributed by atoms with E-state index < -0.39 is 14.6 Å². The minimum Gasteiger partial charge on any atom is -0.370 e. The van der Waals surface area contributed by atoms with Crippen molar-refractivity contribution in [2.75, 3.05) is 26.2 Å². The molecule has 0 spiro atoms. The SMILES string of the molecule is CCCC[CH2][Al]1[N](CC)CC[N]1CC. The number of nitrogens with zero attached hydrogens (tertiary/aromatic N) is 2. The van der Waals surface area contributed by atoms with Crippen molar-refractivity contribution in [3.63, 3.8) is 0 Å². The molecule has 14 heavy (non-hydrogen) atoms. The average molecular weight is 212 g/mol. The summed E-state index contributed by atoms with van der Waals surface area (Å²) in [5.74, 6) is 0. The van der Waals surface area contributed by atoms with Gasteiger partial charge in [0.2, 0.25) is 0 Å². The summed E-state index contributed by atoms with van der Waals surface area (Å²) in [6.07, 6.45) is 4.25. The molecule has 0 saturated carbocycles. The molecule has 0 aliphatic carbocycles. The molecule has 1 heterocycles. The van der Waals surface area contributed by atoms with Gasteiger partial charge in [-0.05, 0) is 26.2 Å². The van der Waals surface area contributed by atoms with Crippen molar-refractivity contribution < 1.29 is 0 Å². The first-order valence-corrected chi connectivity index (χ1v) is 8.16. The number of rotatable bonds is 6. The Labute approximate surface area is 94.1 Å². The van der Waals surface area contributed by atoms with Crippen molar-refractivity contribution in [3.8, 4) is 0 Å². The van der Waals surface area contributed by atoms with Crippen LogP contribution in [-0.4, -0.2) is 48.5 Å². The van der Waals surface area contributed by atoms with Gasteiger partial charge >= 0.3 is 14.6 Å². The van der Waals surface area contributed by atoms with E-state index in [2.05, 4.69) is 28.5 Å². The molecule has 0 radical (unpaired) electrons. The zero-order valence-electron chi connectivity index (χ0n) is 10.1. The molecule has 0 amide bonds. The minimum absolute atomic E-state index is 0.676. The van der Waals surface area contributed by atoms with E-state index in [0.717, 1.165) is 0 Å². The molecule has 1 aliphatic rings. The molecule has 0 atom stereocenters. The molecule has 0 N–H and O–H groups in total. The summed E-state index contributed by atoms with van der Waals surface area (Å²) in [5, 5.41) is 1.51. The van der Waals surface area contributed by atoms with Crippen LogP contribution in [0.2, 0.25) is 5.28 Å². The van der Waals surface area contributed by atoms with Crippen LogP contribution in [0, 0.1) is 0 Å². The van der Waals surface area contributed by atoms with E-state index in [0.29, 0.717) is 0 Å². The Morgan fingerprint density at radius 2 is 1.50 bits per heavy atom. The maximum Gasteiger partial charge on any atom is 0.488 e. The van der Waals surface area contributed by atoms with Gasteiger partial charge in [-0.2, -0.15) is 0 Å². The van der Waals surface area contributed by atoms with Gasteiger partial charge < -0.3 is 7.77 Å². The predicted octanol–water partition coefficient (Wildman–Crippen LogP) is 2.32. The van der Waals surface area contributed by atoms with Crippen LogP contribution in [0.3, 0.4) is 0 Å².